The van der Waals surface area contributed by atoms with E-state index < -0.39 is 47.0 Å². The molecule has 2 N–H and O–H groups in total. The van der Waals surface area contributed by atoms with Crippen LogP contribution in [-0.2, 0) is 28.6 Å². The summed E-state index contributed by atoms with van der Waals surface area (Å²) in [7, 11) is 2.56. The summed E-state index contributed by atoms with van der Waals surface area (Å²) in [5.74, 6) is -2.54. The molecule has 0 bridgehead atoms. The zero-order valence-electron chi connectivity index (χ0n) is 18.9. The first-order valence-corrected chi connectivity index (χ1v) is 10.4. The van der Waals surface area contributed by atoms with E-state index in [9.17, 15) is 19.2 Å². The Morgan fingerprint density at radius 1 is 1.13 bits per heavy atom. The van der Waals surface area contributed by atoms with E-state index in [4.69, 9.17) is 14.2 Å². The summed E-state index contributed by atoms with van der Waals surface area (Å²) in [4.78, 5) is 50.3. The van der Waals surface area contributed by atoms with Crippen LogP contribution < -0.4 is 10.6 Å². The molecule has 2 saturated carbocycles. The maximum atomic E-state index is 13.2. The van der Waals surface area contributed by atoms with Crippen LogP contribution in [-0.4, -0.2) is 55.3 Å². The van der Waals surface area contributed by atoms with Crippen LogP contribution in [0.15, 0.2) is 0 Å². The maximum Gasteiger partial charge on any atom is 0.408 e. The number of carbonyl (C=O) groups is 4. The highest BCUT2D eigenvalue weighted by Crippen LogP contribution is 2.63. The molecule has 0 radical (unpaired) electrons. The molecule has 30 heavy (non-hydrogen) atoms. The number of hydrogen-bond acceptors (Lipinski definition) is 7. The van der Waals surface area contributed by atoms with Crippen molar-refractivity contribution in [3.63, 3.8) is 0 Å². The zero-order chi connectivity index (χ0) is 22.9. The molecule has 0 heterocycles. The van der Waals surface area contributed by atoms with Gasteiger partial charge in [-0.25, -0.2) is 9.59 Å². The number of methoxy groups -OCH3 is 2. The monoisotopic (exact) mass is 426 g/mol. The van der Waals surface area contributed by atoms with Gasteiger partial charge in [-0.2, -0.15) is 0 Å². The van der Waals surface area contributed by atoms with E-state index in [1.54, 1.807) is 20.8 Å². The molecule has 9 nitrogen and oxygen atoms in total. The van der Waals surface area contributed by atoms with Crippen LogP contribution >= 0.6 is 0 Å². The Kier molecular flexibility index (Phi) is 7.04. The predicted molar refractivity (Wildman–Crippen MR) is 107 cm³/mol. The molecule has 0 saturated heterocycles. The lowest BCUT2D eigenvalue weighted by molar-refractivity contribution is -0.153. The van der Waals surface area contributed by atoms with Crippen LogP contribution in [0, 0.1) is 23.7 Å². The third-order valence-electron chi connectivity index (χ3n) is 6.15. The normalized spacial score (nSPS) is 29.1. The summed E-state index contributed by atoms with van der Waals surface area (Å²) in [5, 5.41) is 5.46. The van der Waals surface area contributed by atoms with Gasteiger partial charge in [-0.3, -0.25) is 9.59 Å². The van der Waals surface area contributed by atoms with Gasteiger partial charge in [0.1, 0.15) is 17.2 Å². The van der Waals surface area contributed by atoms with Gasteiger partial charge in [0.15, 0.2) is 0 Å². The first kappa shape index (κ1) is 24.0. The minimum Gasteiger partial charge on any atom is -0.469 e. The van der Waals surface area contributed by atoms with Crippen LogP contribution in [0.25, 0.3) is 0 Å². The van der Waals surface area contributed by atoms with Crippen LogP contribution in [0.5, 0.6) is 0 Å². The first-order chi connectivity index (χ1) is 13.9. The Balaban J connectivity index is 2.23. The molecule has 170 valence electrons. The molecule has 2 fully saturated rings. The van der Waals surface area contributed by atoms with Gasteiger partial charge in [-0.1, -0.05) is 20.3 Å². The summed E-state index contributed by atoms with van der Waals surface area (Å²) in [6.07, 6.45) is 0.884. The van der Waals surface area contributed by atoms with Gasteiger partial charge in [0.2, 0.25) is 5.91 Å². The molecule has 2 aliphatic rings. The quantitative estimate of drug-likeness (QED) is 0.470. The van der Waals surface area contributed by atoms with Crippen molar-refractivity contribution >= 4 is 23.9 Å². The zero-order valence-corrected chi connectivity index (χ0v) is 18.9. The van der Waals surface area contributed by atoms with E-state index in [-0.39, 0.29) is 17.8 Å². The highest BCUT2D eigenvalue weighted by Gasteiger charge is 2.72. The van der Waals surface area contributed by atoms with Gasteiger partial charge in [0, 0.05) is 5.92 Å². The van der Waals surface area contributed by atoms with Crippen molar-refractivity contribution in [1.29, 1.82) is 0 Å². The molecule has 0 aromatic carbocycles. The highest BCUT2D eigenvalue weighted by atomic mass is 16.6. The molecule has 0 aromatic rings. The number of nitrogens with one attached hydrogen (secondary N) is 2. The fourth-order valence-corrected chi connectivity index (χ4v) is 4.47. The van der Waals surface area contributed by atoms with Gasteiger partial charge in [-0.05, 0) is 45.4 Å². The van der Waals surface area contributed by atoms with Crippen molar-refractivity contribution in [2.24, 2.45) is 23.7 Å². The largest absolute Gasteiger partial charge is 0.469 e. The van der Waals surface area contributed by atoms with E-state index in [0.717, 1.165) is 0 Å². The molecular weight excluding hydrogens is 392 g/mol. The number of esters is 2. The molecule has 0 spiro atoms. The van der Waals surface area contributed by atoms with Gasteiger partial charge in [0.25, 0.3) is 0 Å². The third kappa shape index (κ3) is 4.70. The summed E-state index contributed by atoms with van der Waals surface area (Å²) < 4.78 is 15.1. The number of ether oxygens (including phenoxy) is 3. The van der Waals surface area contributed by atoms with Crippen LogP contribution in [0.2, 0.25) is 0 Å². The van der Waals surface area contributed by atoms with Crippen molar-refractivity contribution in [3.05, 3.63) is 0 Å². The minimum absolute atomic E-state index is 0.0299. The van der Waals surface area contributed by atoms with Gasteiger partial charge >= 0.3 is 18.0 Å². The topological polar surface area (TPSA) is 120 Å². The van der Waals surface area contributed by atoms with E-state index in [1.807, 2.05) is 13.8 Å². The molecule has 2 amide bonds. The second kappa shape index (κ2) is 8.81. The number of carbonyl (C=O) groups excluding carboxylic acids is 4. The molecule has 0 aliphatic heterocycles. The molecule has 6 atom stereocenters. The lowest BCUT2D eigenvalue weighted by Gasteiger charge is -2.33. The van der Waals surface area contributed by atoms with Crippen LogP contribution in [0.3, 0.4) is 0 Å². The molecule has 2 aliphatic carbocycles. The Morgan fingerprint density at radius 2 is 1.77 bits per heavy atom. The smallest absolute Gasteiger partial charge is 0.408 e. The molecular formula is C21H34N2O7. The van der Waals surface area contributed by atoms with Crippen molar-refractivity contribution in [2.75, 3.05) is 14.2 Å². The maximum absolute atomic E-state index is 13.2. The number of alkyl carbamates (subject to hydrolysis) is 1. The summed E-state index contributed by atoms with van der Waals surface area (Å²) in [6, 6.07) is -0.902. The Morgan fingerprint density at radius 3 is 2.27 bits per heavy atom. The van der Waals surface area contributed by atoms with Crippen LogP contribution in [0.4, 0.5) is 4.79 Å². The molecule has 2 rings (SSSR count). The number of rotatable bonds is 7. The molecule has 0 unspecified atom stereocenters. The van der Waals surface area contributed by atoms with E-state index in [0.29, 0.717) is 19.3 Å². The van der Waals surface area contributed by atoms with Crippen molar-refractivity contribution < 1.29 is 33.4 Å². The Bertz CT molecular complexity index is 702. The number of fused-ring (bicyclic) bond motifs is 1. The van der Waals surface area contributed by atoms with Gasteiger partial charge < -0.3 is 24.8 Å². The lowest BCUT2D eigenvalue weighted by atomic mass is 9.88. The third-order valence-corrected chi connectivity index (χ3v) is 6.15. The number of hydrogen-bond donors (Lipinski definition) is 2. The van der Waals surface area contributed by atoms with Gasteiger partial charge in [-0.15, -0.1) is 0 Å². The fraction of sp³-hybridized carbons (Fsp3) is 0.810. The lowest BCUT2D eigenvalue weighted by Crippen LogP contribution is -2.62. The van der Waals surface area contributed by atoms with E-state index >= 15 is 0 Å². The van der Waals surface area contributed by atoms with Gasteiger partial charge in [0.05, 0.1) is 20.1 Å². The van der Waals surface area contributed by atoms with E-state index in [1.165, 1.54) is 14.2 Å². The average molecular weight is 427 g/mol. The SMILES string of the molecule is CC[C@H](C)[C@H](NC(=O)OC(C)(C)C)C(=O)N[C@@]1(C(=O)OC)CC[C@H]2[C@H](C(=O)OC)[C@H]21. The standard InChI is InChI=1S/C21H34N2O7/c1-8-11(2)15(22-19(27)30-20(3,4)5)16(24)23-21(18(26)29-7)10-9-12-13(14(12)21)17(25)28-6/h11-15H,8-10H2,1-7H3,(H,22,27)(H,23,24)/t11-,12-,13-,14-,15-,21-/m0/s1. The van der Waals surface area contributed by atoms with Crippen molar-refractivity contribution in [2.45, 2.75) is 71.1 Å². The highest BCUT2D eigenvalue weighted by molar-refractivity contribution is 5.94. The summed E-state index contributed by atoms with van der Waals surface area (Å²) in [6.45, 7) is 8.93. The average Bonchev–Trinajstić information content (AvgIpc) is 3.30. The van der Waals surface area contributed by atoms with Crippen LogP contribution in [0.1, 0.15) is 53.9 Å². The Labute approximate surface area is 177 Å². The van der Waals surface area contributed by atoms with Crippen molar-refractivity contribution in [3.8, 4) is 0 Å². The Hall–Kier alpha value is -2.32. The minimum atomic E-state index is -1.31. The van der Waals surface area contributed by atoms with Crippen molar-refractivity contribution in [1.82, 2.24) is 10.6 Å². The second-order valence-electron chi connectivity index (χ2n) is 9.24. The molecule has 9 heteroatoms. The fourth-order valence-electron chi connectivity index (χ4n) is 4.47. The number of amides is 2. The summed E-state index contributed by atoms with van der Waals surface area (Å²) >= 11 is 0. The summed E-state index contributed by atoms with van der Waals surface area (Å²) in [5.41, 5.74) is -2.02. The first-order valence-electron chi connectivity index (χ1n) is 10.4. The predicted octanol–water partition coefficient (Wildman–Crippen LogP) is 1.78. The molecule has 0 aromatic heterocycles. The van der Waals surface area contributed by atoms with E-state index in [2.05, 4.69) is 10.6 Å². The second-order valence-corrected chi connectivity index (χ2v) is 9.24.